The second kappa shape index (κ2) is 7.69. The highest BCUT2D eigenvalue weighted by Gasteiger charge is 2.55. The number of nitrogens with two attached hydrogens (primary N) is 1. The molecule has 1 aliphatic rings. The molecule has 0 bridgehead atoms. The number of rotatable bonds is 6. The SMILES string of the molecule is COC1CC(C(N)=O)(C(=O)Nc2cc(C)c(Oc3ncc(Cl)cn3)c(F)c2)C1. The molecule has 28 heavy (non-hydrogen) atoms. The third-order valence-corrected chi connectivity index (χ3v) is 4.86. The standard InChI is InChI=1S/C18H18ClFN4O4/c1-9-3-11(24-16(26)18(15(21)25)5-12(6-18)27-2)4-13(20)14(9)28-17-22-7-10(19)8-23-17/h3-4,7-8,12H,5-6H2,1-2H3,(H2,21,25)(H,24,26). The first-order chi connectivity index (χ1) is 13.2. The van der Waals surface area contributed by atoms with E-state index in [0.717, 1.165) is 6.07 Å². The van der Waals surface area contributed by atoms with Crippen LogP contribution in [-0.2, 0) is 14.3 Å². The fourth-order valence-electron chi connectivity index (χ4n) is 3.01. The first-order valence-corrected chi connectivity index (χ1v) is 8.72. The zero-order valence-corrected chi connectivity index (χ0v) is 15.9. The lowest BCUT2D eigenvalue weighted by Gasteiger charge is -2.42. The number of benzene rings is 1. The lowest BCUT2D eigenvalue weighted by atomic mass is 9.65. The molecule has 0 unspecified atom stereocenters. The molecule has 0 aliphatic heterocycles. The van der Waals surface area contributed by atoms with E-state index in [1.165, 1.54) is 25.6 Å². The van der Waals surface area contributed by atoms with E-state index in [9.17, 15) is 14.0 Å². The van der Waals surface area contributed by atoms with Crippen molar-refractivity contribution in [3.05, 3.63) is 40.9 Å². The number of methoxy groups -OCH3 is 1. The van der Waals surface area contributed by atoms with Gasteiger partial charge in [0.05, 0.1) is 23.5 Å². The van der Waals surface area contributed by atoms with Crippen molar-refractivity contribution >= 4 is 29.1 Å². The third kappa shape index (κ3) is 3.76. The van der Waals surface area contributed by atoms with Crippen molar-refractivity contribution in [2.45, 2.75) is 25.9 Å². The minimum atomic E-state index is -1.36. The second-order valence-electron chi connectivity index (χ2n) is 6.56. The van der Waals surface area contributed by atoms with Crippen molar-refractivity contribution < 1.29 is 23.5 Å². The molecular weight excluding hydrogens is 391 g/mol. The molecule has 1 aromatic carbocycles. The van der Waals surface area contributed by atoms with E-state index >= 15 is 0 Å². The Bertz CT molecular complexity index is 893. The summed E-state index contributed by atoms with van der Waals surface area (Å²) in [6, 6.07) is 2.51. The van der Waals surface area contributed by atoms with E-state index in [1.54, 1.807) is 6.92 Å². The maximum atomic E-state index is 14.5. The first-order valence-electron chi connectivity index (χ1n) is 8.35. The minimum absolute atomic E-state index is 0.0732. The lowest BCUT2D eigenvalue weighted by Crippen LogP contribution is -2.57. The predicted octanol–water partition coefficient (Wildman–Crippen LogP) is 2.59. The number of amides is 2. The van der Waals surface area contributed by atoms with Gasteiger partial charge in [-0.1, -0.05) is 11.6 Å². The maximum Gasteiger partial charge on any atom is 0.322 e. The van der Waals surface area contributed by atoms with Crippen LogP contribution in [0.25, 0.3) is 0 Å². The third-order valence-electron chi connectivity index (χ3n) is 4.67. The van der Waals surface area contributed by atoms with Crippen LogP contribution in [0, 0.1) is 18.2 Å². The van der Waals surface area contributed by atoms with Crippen LogP contribution in [0.3, 0.4) is 0 Å². The van der Waals surface area contributed by atoms with Gasteiger partial charge in [0, 0.05) is 18.9 Å². The van der Waals surface area contributed by atoms with Crippen molar-refractivity contribution in [1.29, 1.82) is 0 Å². The monoisotopic (exact) mass is 408 g/mol. The molecule has 1 aromatic heterocycles. The number of hydrogen-bond acceptors (Lipinski definition) is 6. The summed E-state index contributed by atoms with van der Waals surface area (Å²) in [7, 11) is 1.50. The zero-order chi connectivity index (χ0) is 20.5. The zero-order valence-electron chi connectivity index (χ0n) is 15.2. The molecule has 2 amide bonds. The van der Waals surface area contributed by atoms with E-state index in [4.69, 9.17) is 26.8 Å². The topological polar surface area (TPSA) is 116 Å². The predicted molar refractivity (Wildman–Crippen MR) is 98.5 cm³/mol. The number of carbonyl (C=O) groups is 2. The molecule has 1 saturated carbocycles. The molecular formula is C18H18ClFN4O4. The van der Waals surface area contributed by atoms with Crippen LogP contribution in [0.5, 0.6) is 11.8 Å². The lowest BCUT2D eigenvalue weighted by molar-refractivity contribution is -0.154. The molecule has 0 saturated heterocycles. The second-order valence-corrected chi connectivity index (χ2v) is 6.99. The quantitative estimate of drug-likeness (QED) is 0.709. The van der Waals surface area contributed by atoms with Gasteiger partial charge in [-0.15, -0.1) is 0 Å². The summed E-state index contributed by atoms with van der Waals surface area (Å²) in [6.45, 7) is 1.60. The Labute approximate surface area is 165 Å². The molecule has 0 spiro atoms. The fraction of sp³-hybridized carbons (Fsp3) is 0.333. The average Bonchev–Trinajstić information content (AvgIpc) is 2.59. The summed E-state index contributed by atoms with van der Waals surface area (Å²) < 4.78 is 25.0. The molecule has 10 heteroatoms. The van der Waals surface area contributed by atoms with E-state index in [2.05, 4.69) is 15.3 Å². The van der Waals surface area contributed by atoms with Crippen molar-refractivity contribution in [2.24, 2.45) is 11.1 Å². The first kappa shape index (κ1) is 20.0. The Hall–Kier alpha value is -2.78. The van der Waals surface area contributed by atoms with Gasteiger partial charge in [0.15, 0.2) is 11.6 Å². The molecule has 1 heterocycles. The highest BCUT2D eigenvalue weighted by atomic mass is 35.5. The normalized spacial score (nSPS) is 20.9. The molecule has 1 aliphatic carbocycles. The smallest absolute Gasteiger partial charge is 0.322 e. The molecule has 1 fully saturated rings. The number of ether oxygens (including phenoxy) is 2. The van der Waals surface area contributed by atoms with Gasteiger partial charge in [0.2, 0.25) is 11.8 Å². The molecule has 2 aromatic rings. The number of hydrogen-bond donors (Lipinski definition) is 2. The Morgan fingerprint density at radius 3 is 2.50 bits per heavy atom. The summed E-state index contributed by atoms with van der Waals surface area (Å²) in [5, 5.41) is 2.87. The van der Waals surface area contributed by atoms with Crippen LogP contribution >= 0.6 is 11.6 Å². The van der Waals surface area contributed by atoms with Gasteiger partial charge < -0.3 is 20.5 Å². The minimum Gasteiger partial charge on any atom is -0.421 e. The molecule has 148 valence electrons. The van der Waals surface area contributed by atoms with Crippen LogP contribution in [0.4, 0.5) is 10.1 Å². The molecule has 3 rings (SSSR count). The van der Waals surface area contributed by atoms with Gasteiger partial charge in [-0.3, -0.25) is 9.59 Å². The van der Waals surface area contributed by atoms with Gasteiger partial charge in [-0.05, 0) is 31.4 Å². The van der Waals surface area contributed by atoms with E-state index in [-0.39, 0.29) is 36.4 Å². The molecule has 0 atom stereocenters. The number of aryl methyl sites for hydroxylation is 1. The van der Waals surface area contributed by atoms with Crippen LogP contribution in [0.1, 0.15) is 18.4 Å². The number of nitrogens with one attached hydrogen (secondary N) is 1. The van der Waals surface area contributed by atoms with Gasteiger partial charge in [-0.25, -0.2) is 14.4 Å². The number of nitrogens with zero attached hydrogens (tertiary/aromatic N) is 2. The van der Waals surface area contributed by atoms with Crippen LogP contribution < -0.4 is 15.8 Å². The molecule has 3 N–H and O–H groups in total. The summed E-state index contributed by atoms with van der Waals surface area (Å²) >= 11 is 5.70. The molecule has 0 radical (unpaired) electrons. The summed E-state index contributed by atoms with van der Waals surface area (Å²) in [4.78, 5) is 32.1. The van der Waals surface area contributed by atoms with Gasteiger partial charge in [-0.2, -0.15) is 0 Å². The molecule has 8 nitrogen and oxygen atoms in total. The van der Waals surface area contributed by atoms with Crippen LogP contribution in [0.2, 0.25) is 5.02 Å². The largest absolute Gasteiger partial charge is 0.421 e. The summed E-state index contributed by atoms with van der Waals surface area (Å²) in [6.07, 6.45) is 2.79. The van der Waals surface area contributed by atoms with Crippen molar-refractivity contribution in [1.82, 2.24) is 9.97 Å². The van der Waals surface area contributed by atoms with Gasteiger partial charge in [0.25, 0.3) is 0 Å². The van der Waals surface area contributed by atoms with Crippen LogP contribution in [-0.4, -0.2) is 35.0 Å². The summed E-state index contributed by atoms with van der Waals surface area (Å²) in [5.74, 6) is -2.16. The number of halogens is 2. The summed E-state index contributed by atoms with van der Waals surface area (Å²) in [5.41, 5.74) is 4.61. The maximum absolute atomic E-state index is 14.5. The Morgan fingerprint density at radius 1 is 1.32 bits per heavy atom. The van der Waals surface area contributed by atoms with E-state index in [1.807, 2.05) is 0 Å². The van der Waals surface area contributed by atoms with Crippen molar-refractivity contribution in [2.75, 3.05) is 12.4 Å². The number of aromatic nitrogens is 2. The van der Waals surface area contributed by atoms with Gasteiger partial charge in [0.1, 0.15) is 5.41 Å². The highest BCUT2D eigenvalue weighted by Crippen LogP contribution is 2.43. The number of carbonyl (C=O) groups excluding carboxylic acids is 2. The van der Waals surface area contributed by atoms with Crippen molar-refractivity contribution in [3.63, 3.8) is 0 Å². The number of primary amides is 1. The number of anilines is 1. The van der Waals surface area contributed by atoms with Crippen molar-refractivity contribution in [3.8, 4) is 11.8 Å². The fourth-order valence-corrected chi connectivity index (χ4v) is 3.11. The Morgan fingerprint density at radius 2 is 1.96 bits per heavy atom. The van der Waals surface area contributed by atoms with Gasteiger partial charge >= 0.3 is 6.01 Å². The Balaban J connectivity index is 1.78. The van der Waals surface area contributed by atoms with Crippen LogP contribution in [0.15, 0.2) is 24.5 Å². The average molecular weight is 409 g/mol. The van der Waals surface area contributed by atoms with E-state index < -0.39 is 23.0 Å². The highest BCUT2D eigenvalue weighted by molar-refractivity contribution is 6.30. The van der Waals surface area contributed by atoms with E-state index in [0.29, 0.717) is 10.6 Å². The Kier molecular flexibility index (Phi) is 5.48.